The number of nitrogens with two attached hydrogens (primary N) is 1. The van der Waals surface area contributed by atoms with Crippen LogP contribution in [-0.2, 0) is 10.0 Å². The minimum absolute atomic E-state index is 0.0898. The molecule has 0 fully saturated rings. The van der Waals surface area contributed by atoms with Gasteiger partial charge in [-0.1, -0.05) is 0 Å². The van der Waals surface area contributed by atoms with E-state index in [-0.39, 0.29) is 10.7 Å². The summed E-state index contributed by atoms with van der Waals surface area (Å²) in [5, 5.41) is 8.81. The Balaban J connectivity index is 2.41. The molecule has 2 aromatic rings. The lowest BCUT2D eigenvalue weighted by atomic mass is 10.2. The van der Waals surface area contributed by atoms with Crippen molar-refractivity contribution in [2.75, 3.05) is 10.5 Å². The van der Waals surface area contributed by atoms with Crippen LogP contribution < -0.4 is 10.5 Å². The summed E-state index contributed by atoms with van der Waals surface area (Å²) in [7, 11) is -3.80. The van der Waals surface area contributed by atoms with Crippen LogP contribution in [0.25, 0.3) is 0 Å². The standard InChI is InChI=1S/C13H11BrN4O2S/c1-8-4-9(6-15)2-3-12(8)21(19,20)18-13-11(14)5-10(16)7-17-13/h2-5,7H,16H2,1H3,(H,17,18). The molecule has 0 aliphatic carbocycles. The van der Waals surface area contributed by atoms with E-state index >= 15 is 0 Å². The molecule has 21 heavy (non-hydrogen) atoms. The maximum Gasteiger partial charge on any atom is 0.263 e. The highest BCUT2D eigenvalue weighted by atomic mass is 79.9. The molecule has 0 unspecified atom stereocenters. The first-order valence-electron chi connectivity index (χ1n) is 5.78. The maximum atomic E-state index is 12.4. The van der Waals surface area contributed by atoms with Crippen LogP contribution in [0, 0.1) is 18.3 Å². The van der Waals surface area contributed by atoms with Crippen molar-refractivity contribution in [2.45, 2.75) is 11.8 Å². The van der Waals surface area contributed by atoms with Crippen molar-refractivity contribution in [2.24, 2.45) is 0 Å². The summed E-state index contributed by atoms with van der Waals surface area (Å²) in [6.07, 6.45) is 1.36. The van der Waals surface area contributed by atoms with Crippen molar-refractivity contribution >= 4 is 37.5 Å². The molecule has 0 saturated carbocycles. The second kappa shape index (κ2) is 5.71. The van der Waals surface area contributed by atoms with Crippen LogP contribution in [0.4, 0.5) is 11.5 Å². The number of nitrogens with one attached hydrogen (secondary N) is 1. The number of aryl methyl sites for hydroxylation is 1. The minimum Gasteiger partial charge on any atom is -0.397 e. The number of nitrogen functional groups attached to an aromatic ring is 1. The molecule has 0 aliphatic heterocycles. The Morgan fingerprint density at radius 3 is 2.67 bits per heavy atom. The minimum atomic E-state index is -3.80. The Morgan fingerprint density at radius 2 is 2.10 bits per heavy atom. The zero-order valence-corrected chi connectivity index (χ0v) is 13.4. The fourth-order valence-electron chi connectivity index (χ4n) is 1.73. The quantitative estimate of drug-likeness (QED) is 0.866. The maximum absolute atomic E-state index is 12.4. The number of rotatable bonds is 3. The zero-order chi connectivity index (χ0) is 15.6. The normalized spacial score (nSPS) is 10.9. The number of sulfonamides is 1. The number of aromatic nitrogens is 1. The van der Waals surface area contributed by atoms with E-state index in [9.17, 15) is 8.42 Å². The number of halogens is 1. The van der Waals surface area contributed by atoms with Crippen molar-refractivity contribution in [1.29, 1.82) is 5.26 Å². The van der Waals surface area contributed by atoms with E-state index < -0.39 is 10.0 Å². The van der Waals surface area contributed by atoms with Gasteiger partial charge in [-0.15, -0.1) is 0 Å². The Morgan fingerprint density at radius 1 is 1.38 bits per heavy atom. The third-order valence-electron chi connectivity index (χ3n) is 2.69. The van der Waals surface area contributed by atoms with Gasteiger partial charge in [-0.3, -0.25) is 4.72 Å². The topological polar surface area (TPSA) is 109 Å². The molecule has 1 aromatic heterocycles. The Labute approximate surface area is 130 Å². The fourth-order valence-corrected chi connectivity index (χ4v) is 3.58. The number of benzene rings is 1. The van der Waals surface area contributed by atoms with Gasteiger partial charge in [0.15, 0.2) is 5.82 Å². The molecule has 0 amide bonds. The molecule has 1 aromatic carbocycles. The number of nitriles is 1. The smallest absolute Gasteiger partial charge is 0.263 e. The predicted octanol–water partition coefficient (Wildman–Crippen LogP) is 2.41. The Hall–Kier alpha value is -2.11. The average Bonchev–Trinajstić information content (AvgIpc) is 2.41. The summed E-state index contributed by atoms with van der Waals surface area (Å²) >= 11 is 3.20. The van der Waals surface area contributed by atoms with Gasteiger partial charge in [0.2, 0.25) is 0 Å². The van der Waals surface area contributed by atoms with Crippen molar-refractivity contribution < 1.29 is 8.42 Å². The second-order valence-corrected chi connectivity index (χ2v) is 6.80. The van der Waals surface area contributed by atoms with E-state index in [0.29, 0.717) is 21.3 Å². The number of pyridine rings is 1. The van der Waals surface area contributed by atoms with Gasteiger partial charge in [0.25, 0.3) is 10.0 Å². The van der Waals surface area contributed by atoms with Crippen LogP contribution >= 0.6 is 15.9 Å². The fraction of sp³-hybridized carbons (Fsp3) is 0.0769. The molecule has 1 heterocycles. The molecular formula is C13H11BrN4O2S. The molecule has 8 heteroatoms. The third-order valence-corrected chi connectivity index (χ3v) is 4.79. The lowest BCUT2D eigenvalue weighted by molar-refractivity contribution is 0.600. The van der Waals surface area contributed by atoms with Gasteiger partial charge in [0, 0.05) is 0 Å². The van der Waals surface area contributed by atoms with Gasteiger partial charge in [-0.25, -0.2) is 13.4 Å². The van der Waals surface area contributed by atoms with Crippen LogP contribution in [0.3, 0.4) is 0 Å². The number of hydrogen-bond donors (Lipinski definition) is 2. The predicted molar refractivity (Wildman–Crippen MR) is 83.1 cm³/mol. The lowest BCUT2D eigenvalue weighted by Crippen LogP contribution is -2.15. The van der Waals surface area contributed by atoms with E-state index in [0.717, 1.165) is 0 Å². The highest BCUT2D eigenvalue weighted by Gasteiger charge is 2.19. The van der Waals surface area contributed by atoms with E-state index in [1.54, 1.807) is 13.0 Å². The van der Waals surface area contributed by atoms with Crippen molar-refractivity contribution in [3.8, 4) is 6.07 Å². The summed E-state index contributed by atoms with van der Waals surface area (Å²) in [4.78, 5) is 4.03. The van der Waals surface area contributed by atoms with Gasteiger partial charge in [0.1, 0.15) is 0 Å². The average molecular weight is 367 g/mol. The molecule has 0 radical (unpaired) electrons. The van der Waals surface area contributed by atoms with Crippen molar-refractivity contribution in [3.63, 3.8) is 0 Å². The molecule has 0 saturated heterocycles. The van der Waals surface area contributed by atoms with Gasteiger partial charge < -0.3 is 5.73 Å². The third kappa shape index (κ3) is 3.32. The van der Waals surface area contributed by atoms with Crippen LogP contribution in [0.2, 0.25) is 0 Å². The van der Waals surface area contributed by atoms with Gasteiger partial charge >= 0.3 is 0 Å². The Kier molecular flexibility index (Phi) is 4.16. The first-order valence-corrected chi connectivity index (χ1v) is 8.05. The van der Waals surface area contributed by atoms with Gasteiger partial charge in [-0.2, -0.15) is 5.26 Å². The monoisotopic (exact) mass is 366 g/mol. The van der Waals surface area contributed by atoms with Crippen molar-refractivity contribution in [3.05, 3.63) is 46.1 Å². The van der Waals surface area contributed by atoms with Crippen LogP contribution in [-0.4, -0.2) is 13.4 Å². The molecule has 2 rings (SSSR count). The SMILES string of the molecule is Cc1cc(C#N)ccc1S(=O)(=O)Nc1ncc(N)cc1Br. The summed E-state index contributed by atoms with van der Waals surface area (Å²) in [6.45, 7) is 1.63. The first kappa shape index (κ1) is 15.3. The molecule has 108 valence electrons. The molecular weight excluding hydrogens is 356 g/mol. The summed E-state index contributed by atoms with van der Waals surface area (Å²) in [5.41, 5.74) is 6.86. The molecule has 0 aliphatic rings. The van der Waals surface area contributed by atoms with Crippen molar-refractivity contribution in [1.82, 2.24) is 4.98 Å². The van der Waals surface area contributed by atoms with E-state index in [1.807, 2.05) is 6.07 Å². The van der Waals surface area contributed by atoms with Crippen LogP contribution in [0.1, 0.15) is 11.1 Å². The van der Waals surface area contributed by atoms with E-state index in [1.165, 1.54) is 24.4 Å². The van der Waals surface area contributed by atoms with Gasteiger partial charge in [-0.05, 0) is 52.7 Å². The largest absolute Gasteiger partial charge is 0.397 e. The summed E-state index contributed by atoms with van der Waals surface area (Å²) in [6, 6.07) is 7.87. The van der Waals surface area contributed by atoms with Crippen LogP contribution in [0.5, 0.6) is 0 Å². The Bertz CT molecular complexity index is 844. The number of hydrogen-bond acceptors (Lipinski definition) is 5. The summed E-state index contributed by atoms with van der Waals surface area (Å²) in [5.74, 6) is 0.146. The summed E-state index contributed by atoms with van der Waals surface area (Å²) < 4.78 is 27.6. The second-order valence-electron chi connectivity index (χ2n) is 4.30. The zero-order valence-electron chi connectivity index (χ0n) is 11.0. The van der Waals surface area contributed by atoms with Gasteiger partial charge in [0.05, 0.1) is 32.9 Å². The van der Waals surface area contributed by atoms with E-state index in [4.69, 9.17) is 11.0 Å². The molecule has 0 spiro atoms. The first-order chi connectivity index (χ1) is 9.83. The highest BCUT2D eigenvalue weighted by molar-refractivity contribution is 9.10. The molecule has 6 nitrogen and oxygen atoms in total. The molecule has 0 atom stereocenters. The molecule has 3 N–H and O–H groups in total. The lowest BCUT2D eigenvalue weighted by Gasteiger charge is -2.11. The van der Waals surface area contributed by atoms with E-state index in [2.05, 4.69) is 25.6 Å². The highest BCUT2D eigenvalue weighted by Crippen LogP contribution is 2.25. The number of nitrogens with zero attached hydrogens (tertiary/aromatic N) is 2. The molecule has 0 bridgehead atoms. The number of anilines is 2. The van der Waals surface area contributed by atoms with Crippen LogP contribution in [0.15, 0.2) is 39.8 Å².